The minimum atomic E-state index is -0.437. The van der Waals surface area contributed by atoms with Crippen LogP contribution < -0.4 is 0 Å². The van der Waals surface area contributed by atoms with Gasteiger partial charge in [0.1, 0.15) is 0 Å². The van der Waals surface area contributed by atoms with Crippen molar-refractivity contribution in [1.82, 2.24) is 9.13 Å². The Kier molecular flexibility index (Phi) is 10.8. The number of benzene rings is 13. The highest BCUT2D eigenvalue weighted by atomic mass is 15.0. The Morgan fingerprint density at radius 3 is 1.17 bits per heavy atom. The molecule has 0 fully saturated rings. The van der Waals surface area contributed by atoms with Gasteiger partial charge in [-0.05, 0) is 162 Å². The molecule has 378 valence electrons. The summed E-state index contributed by atoms with van der Waals surface area (Å²) in [6.45, 7) is 0. The van der Waals surface area contributed by atoms with Gasteiger partial charge in [-0.25, -0.2) is 0 Å². The Balaban J connectivity index is 0.713. The van der Waals surface area contributed by atoms with Crippen LogP contribution in [0.3, 0.4) is 0 Å². The first kappa shape index (κ1) is 46.5. The third-order valence-corrected chi connectivity index (χ3v) is 17.2. The molecule has 0 saturated carbocycles. The highest BCUT2D eigenvalue weighted by Gasteiger charge is 2.46. The van der Waals surface area contributed by atoms with Gasteiger partial charge in [-0.3, -0.25) is 0 Å². The monoisotopic (exact) mass is 1030 g/mol. The highest BCUT2D eigenvalue weighted by molar-refractivity contribution is 6.13. The van der Waals surface area contributed by atoms with Gasteiger partial charge < -0.3 is 9.13 Å². The van der Waals surface area contributed by atoms with E-state index in [9.17, 15) is 0 Å². The molecule has 2 heteroatoms. The molecule has 0 aliphatic heterocycles. The van der Waals surface area contributed by atoms with Gasteiger partial charge in [0.25, 0.3) is 0 Å². The van der Waals surface area contributed by atoms with Crippen LogP contribution in [0.2, 0.25) is 0 Å². The zero-order chi connectivity index (χ0) is 53.4. The van der Waals surface area contributed by atoms with E-state index < -0.39 is 5.41 Å². The topological polar surface area (TPSA) is 9.86 Å². The van der Waals surface area contributed by atoms with Gasteiger partial charge in [-0.15, -0.1) is 0 Å². The van der Waals surface area contributed by atoms with Crippen molar-refractivity contribution in [2.24, 2.45) is 0 Å². The number of nitrogens with zero attached hydrogens (tertiary/aromatic N) is 2. The molecule has 2 heterocycles. The molecule has 0 unspecified atom stereocenters. The molecule has 0 spiro atoms. The predicted octanol–water partition coefficient (Wildman–Crippen LogP) is 20.6. The Morgan fingerprint density at radius 1 is 0.198 bits per heavy atom. The molecule has 81 heavy (non-hydrogen) atoms. The van der Waals surface area contributed by atoms with Gasteiger partial charge in [-0.1, -0.05) is 243 Å². The van der Waals surface area contributed by atoms with E-state index in [0.29, 0.717) is 0 Å². The Labute approximate surface area is 471 Å². The lowest BCUT2D eigenvalue weighted by Crippen LogP contribution is -2.28. The first-order valence-corrected chi connectivity index (χ1v) is 28.1. The summed E-state index contributed by atoms with van der Waals surface area (Å²) < 4.78 is 4.83. The van der Waals surface area contributed by atoms with Gasteiger partial charge in [0.05, 0.1) is 27.5 Å². The lowest BCUT2D eigenvalue weighted by atomic mass is 9.67. The minimum Gasteiger partial charge on any atom is -0.309 e. The van der Waals surface area contributed by atoms with Gasteiger partial charge in [0.2, 0.25) is 0 Å². The fraction of sp³-hybridized carbons (Fsp3) is 0.0127. The second kappa shape index (κ2) is 18.8. The lowest BCUT2D eigenvalue weighted by molar-refractivity contribution is 0.769. The smallest absolute Gasteiger partial charge is 0.0713 e. The number of hydrogen-bond acceptors (Lipinski definition) is 0. The average molecular weight is 1030 g/mol. The van der Waals surface area contributed by atoms with Crippen molar-refractivity contribution in [3.8, 4) is 78.1 Å². The van der Waals surface area contributed by atoms with Crippen molar-refractivity contribution < 1.29 is 0 Å². The van der Waals surface area contributed by atoms with E-state index in [2.05, 4.69) is 325 Å². The summed E-state index contributed by atoms with van der Waals surface area (Å²) >= 11 is 0. The van der Waals surface area contributed by atoms with Crippen molar-refractivity contribution in [2.75, 3.05) is 0 Å². The molecule has 0 bridgehead atoms. The minimum absolute atomic E-state index is 0.437. The van der Waals surface area contributed by atoms with Crippen LogP contribution in [0.1, 0.15) is 22.3 Å². The summed E-state index contributed by atoms with van der Waals surface area (Å²) in [4.78, 5) is 0. The SMILES string of the molecule is c1ccc(-c2ccc(-n3c4ccccc4c4cc(-c5ccc6c(c5)c5ccccc5n6-c5cccc(-c6cccc(-c7ccc(-c8cccc(C9(c%10ccccc%10)c%10ccccc%10-c%10ccccc%109)c8)cc7)c6)c5)ccc43)cc2)cc1. The van der Waals surface area contributed by atoms with Crippen LogP contribution in [0.25, 0.3) is 122 Å². The first-order valence-electron chi connectivity index (χ1n) is 28.1. The third kappa shape index (κ3) is 7.49. The zero-order valence-corrected chi connectivity index (χ0v) is 44.4. The highest BCUT2D eigenvalue weighted by Crippen LogP contribution is 2.56. The molecule has 0 amide bonds. The molecule has 1 aliphatic carbocycles. The van der Waals surface area contributed by atoms with E-state index >= 15 is 0 Å². The van der Waals surface area contributed by atoms with Crippen LogP contribution in [-0.4, -0.2) is 9.13 Å². The van der Waals surface area contributed by atoms with Crippen molar-refractivity contribution in [1.29, 1.82) is 0 Å². The summed E-state index contributed by atoms with van der Waals surface area (Å²) in [6.07, 6.45) is 0. The van der Waals surface area contributed by atoms with Crippen molar-refractivity contribution in [3.63, 3.8) is 0 Å². The second-order valence-corrected chi connectivity index (χ2v) is 21.6. The third-order valence-electron chi connectivity index (χ3n) is 17.2. The fourth-order valence-corrected chi connectivity index (χ4v) is 13.5. The second-order valence-electron chi connectivity index (χ2n) is 21.6. The van der Waals surface area contributed by atoms with Crippen molar-refractivity contribution >= 4 is 43.6 Å². The molecular weight excluding hydrogens is 977 g/mol. The van der Waals surface area contributed by atoms with E-state index in [1.54, 1.807) is 0 Å². The quantitative estimate of drug-likeness (QED) is 0.136. The summed E-state index contributed by atoms with van der Waals surface area (Å²) in [5.41, 5.74) is 26.4. The largest absolute Gasteiger partial charge is 0.309 e. The van der Waals surface area contributed by atoms with Gasteiger partial charge in [-0.2, -0.15) is 0 Å². The van der Waals surface area contributed by atoms with E-state index in [1.165, 1.54) is 133 Å². The van der Waals surface area contributed by atoms with Crippen LogP contribution in [0.15, 0.2) is 315 Å². The molecule has 0 saturated heterocycles. The number of para-hydroxylation sites is 2. The van der Waals surface area contributed by atoms with Crippen LogP contribution in [0.4, 0.5) is 0 Å². The molecular formula is C79H52N2. The Hall–Kier alpha value is -10.5. The molecule has 2 nitrogen and oxygen atoms in total. The number of hydrogen-bond donors (Lipinski definition) is 0. The van der Waals surface area contributed by atoms with Crippen molar-refractivity contribution in [3.05, 3.63) is 338 Å². The van der Waals surface area contributed by atoms with E-state index in [1.807, 2.05) is 0 Å². The summed E-state index contributed by atoms with van der Waals surface area (Å²) in [6, 6.07) is 116. The van der Waals surface area contributed by atoms with Crippen LogP contribution in [0, 0.1) is 0 Å². The Bertz CT molecular complexity index is 4860. The maximum Gasteiger partial charge on any atom is 0.0713 e. The van der Waals surface area contributed by atoms with Crippen LogP contribution in [0.5, 0.6) is 0 Å². The van der Waals surface area contributed by atoms with Gasteiger partial charge in [0.15, 0.2) is 0 Å². The molecule has 16 rings (SSSR count). The number of rotatable bonds is 9. The van der Waals surface area contributed by atoms with E-state index in [4.69, 9.17) is 0 Å². The maximum absolute atomic E-state index is 2.43. The number of aromatic nitrogens is 2. The molecule has 0 radical (unpaired) electrons. The van der Waals surface area contributed by atoms with Crippen LogP contribution in [-0.2, 0) is 5.41 Å². The normalized spacial score (nSPS) is 12.5. The maximum atomic E-state index is 2.43. The molecule has 15 aromatic rings. The standard InChI is InChI=1S/C79H52N2/c1-3-18-53(19-4-1)54-40-44-65(45-41-54)80-75-34-13-9-30-69(75)71-51-61(42-46-77(71)80)62-43-47-78-72(52-62)70-31-10-14-35-76(70)81(78)66-27-17-23-60(50-66)58-21-15-20-57(48-58)55-36-38-56(39-37-55)59-22-16-26-64(49-59)79(63-24-5-2-6-25-63)73-32-11-7-28-67(73)68-29-8-12-33-74(68)79/h1-52H. The molecule has 2 aromatic heterocycles. The molecule has 0 N–H and O–H groups in total. The first-order chi connectivity index (χ1) is 40.2. The number of fused-ring (bicyclic) bond motifs is 9. The lowest BCUT2D eigenvalue weighted by Gasteiger charge is -2.34. The molecule has 13 aromatic carbocycles. The van der Waals surface area contributed by atoms with Crippen LogP contribution >= 0.6 is 0 Å². The predicted molar refractivity (Wildman–Crippen MR) is 340 cm³/mol. The average Bonchev–Trinajstić information content (AvgIpc) is 4.28. The van der Waals surface area contributed by atoms with Gasteiger partial charge in [0, 0.05) is 32.9 Å². The Morgan fingerprint density at radius 2 is 0.568 bits per heavy atom. The summed E-state index contributed by atoms with van der Waals surface area (Å²) in [5, 5.41) is 4.96. The summed E-state index contributed by atoms with van der Waals surface area (Å²) in [7, 11) is 0. The van der Waals surface area contributed by atoms with Gasteiger partial charge >= 0.3 is 0 Å². The fourth-order valence-electron chi connectivity index (χ4n) is 13.5. The van der Waals surface area contributed by atoms with Crippen molar-refractivity contribution in [2.45, 2.75) is 5.41 Å². The summed E-state index contributed by atoms with van der Waals surface area (Å²) in [5.74, 6) is 0. The molecule has 1 aliphatic rings. The zero-order valence-electron chi connectivity index (χ0n) is 44.4. The molecule has 0 atom stereocenters. The van der Waals surface area contributed by atoms with E-state index in [0.717, 1.165) is 11.4 Å². The van der Waals surface area contributed by atoms with E-state index in [-0.39, 0.29) is 0 Å².